The van der Waals surface area contributed by atoms with Crippen LogP contribution >= 0.6 is 0 Å². The summed E-state index contributed by atoms with van der Waals surface area (Å²) in [5.74, 6) is 0.818. The summed E-state index contributed by atoms with van der Waals surface area (Å²) in [4.78, 5) is 14.0. The molecule has 1 aliphatic rings. The molecule has 0 radical (unpaired) electrons. The van der Waals surface area contributed by atoms with Crippen LogP contribution < -0.4 is 5.32 Å². The first-order valence-corrected chi connectivity index (χ1v) is 7.23. The van der Waals surface area contributed by atoms with E-state index in [1.54, 1.807) is 4.90 Å². The number of carbonyl (C=O) groups is 1. The maximum atomic E-state index is 12.3. The number of amides is 1. The summed E-state index contributed by atoms with van der Waals surface area (Å²) in [6.07, 6.45) is 2.59. The Bertz CT molecular complexity index is 470. The molecule has 0 spiro atoms. The molecule has 110 valence electrons. The maximum Gasteiger partial charge on any atom is 0.253 e. The van der Waals surface area contributed by atoms with Crippen molar-refractivity contribution >= 4 is 11.6 Å². The fourth-order valence-corrected chi connectivity index (χ4v) is 2.14. The van der Waals surface area contributed by atoms with Gasteiger partial charge in [-0.3, -0.25) is 4.79 Å². The molecule has 0 unspecified atom stereocenters. The van der Waals surface area contributed by atoms with Crippen LogP contribution in [0.1, 0.15) is 28.8 Å². The van der Waals surface area contributed by atoms with Gasteiger partial charge in [-0.05, 0) is 49.4 Å². The predicted molar refractivity (Wildman–Crippen MR) is 81.2 cm³/mol. The lowest BCUT2D eigenvalue weighted by atomic mass is 10.1. The van der Waals surface area contributed by atoms with Crippen LogP contribution in [0.5, 0.6) is 0 Å². The van der Waals surface area contributed by atoms with Gasteiger partial charge in [0.15, 0.2) is 0 Å². The Hall–Kier alpha value is -1.55. The number of nitrogens with zero attached hydrogens (tertiary/aromatic N) is 1. The lowest BCUT2D eigenvalue weighted by molar-refractivity contribution is 0.0681. The second kappa shape index (κ2) is 6.75. The van der Waals surface area contributed by atoms with E-state index in [0.29, 0.717) is 13.2 Å². The highest BCUT2D eigenvalue weighted by molar-refractivity contribution is 5.94. The molecule has 1 aliphatic carbocycles. The molecule has 4 nitrogen and oxygen atoms in total. The van der Waals surface area contributed by atoms with Crippen LogP contribution in [0, 0.1) is 12.8 Å². The predicted octanol–water partition coefficient (Wildman–Crippen LogP) is 2.54. The van der Waals surface area contributed by atoms with Crippen LogP contribution in [0.25, 0.3) is 0 Å². The molecule has 1 saturated carbocycles. The van der Waals surface area contributed by atoms with Crippen molar-refractivity contribution < 1.29 is 9.53 Å². The average Bonchev–Trinajstić information content (AvgIpc) is 3.26. The fraction of sp³-hybridized carbons (Fsp3) is 0.562. The first kappa shape index (κ1) is 14.9. The van der Waals surface area contributed by atoms with Gasteiger partial charge < -0.3 is 15.0 Å². The summed E-state index contributed by atoms with van der Waals surface area (Å²) >= 11 is 0. The molecule has 4 heteroatoms. The van der Waals surface area contributed by atoms with Crippen molar-refractivity contribution in [2.45, 2.75) is 19.8 Å². The molecule has 0 atom stereocenters. The van der Waals surface area contributed by atoms with E-state index in [1.165, 1.54) is 12.8 Å². The molecule has 1 amide bonds. The Morgan fingerprint density at radius 1 is 1.45 bits per heavy atom. The molecule has 0 heterocycles. The van der Waals surface area contributed by atoms with Gasteiger partial charge in [0.25, 0.3) is 5.91 Å². The van der Waals surface area contributed by atoms with E-state index >= 15 is 0 Å². The van der Waals surface area contributed by atoms with Gasteiger partial charge in [0.05, 0.1) is 6.61 Å². The number of hydrogen-bond acceptors (Lipinski definition) is 3. The topological polar surface area (TPSA) is 41.6 Å². The van der Waals surface area contributed by atoms with Crippen LogP contribution in [-0.2, 0) is 4.74 Å². The molecule has 1 aromatic carbocycles. The van der Waals surface area contributed by atoms with E-state index < -0.39 is 0 Å². The fourth-order valence-electron chi connectivity index (χ4n) is 2.14. The number of nitrogens with one attached hydrogen (secondary N) is 1. The van der Waals surface area contributed by atoms with Gasteiger partial charge in [-0.15, -0.1) is 0 Å². The minimum atomic E-state index is 0.0470. The average molecular weight is 276 g/mol. The van der Waals surface area contributed by atoms with E-state index in [9.17, 15) is 4.79 Å². The van der Waals surface area contributed by atoms with Crippen molar-refractivity contribution in [3.8, 4) is 0 Å². The molecule has 0 bridgehead atoms. The largest absolute Gasteiger partial charge is 0.388 e. The molecular weight excluding hydrogens is 252 g/mol. The monoisotopic (exact) mass is 276 g/mol. The Labute approximate surface area is 121 Å². The molecule has 0 aromatic heterocycles. The number of aryl methyl sites for hydroxylation is 1. The number of ether oxygens (including phenoxy) is 1. The summed E-state index contributed by atoms with van der Waals surface area (Å²) in [6.45, 7) is 4.10. The normalized spacial score (nSPS) is 14.2. The molecule has 2 rings (SSSR count). The second-order valence-corrected chi connectivity index (χ2v) is 5.52. The molecule has 20 heavy (non-hydrogen) atoms. The maximum absolute atomic E-state index is 12.3. The minimum Gasteiger partial charge on any atom is -0.388 e. The first-order valence-electron chi connectivity index (χ1n) is 7.23. The summed E-state index contributed by atoms with van der Waals surface area (Å²) in [5, 5.41) is 3.10. The highest BCUT2D eigenvalue weighted by atomic mass is 16.5. The Balaban J connectivity index is 1.83. The van der Waals surface area contributed by atoms with Crippen LogP contribution in [-0.4, -0.2) is 44.7 Å². The van der Waals surface area contributed by atoms with Crippen molar-refractivity contribution in [2.24, 2.45) is 5.92 Å². The van der Waals surface area contributed by atoms with E-state index in [1.807, 2.05) is 39.2 Å². The van der Waals surface area contributed by atoms with Crippen molar-refractivity contribution in [3.05, 3.63) is 29.3 Å². The number of hydrogen-bond donors (Lipinski definition) is 1. The lowest BCUT2D eigenvalue weighted by Gasteiger charge is -2.18. The molecule has 0 aliphatic heterocycles. The second-order valence-electron chi connectivity index (χ2n) is 5.52. The van der Waals surface area contributed by atoms with Gasteiger partial charge in [-0.25, -0.2) is 0 Å². The molecule has 0 saturated heterocycles. The lowest BCUT2D eigenvalue weighted by Crippen LogP contribution is -2.30. The summed E-state index contributed by atoms with van der Waals surface area (Å²) in [5.41, 5.74) is 2.86. The number of anilines is 1. The summed E-state index contributed by atoms with van der Waals surface area (Å²) < 4.78 is 5.57. The number of benzene rings is 1. The summed E-state index contributed by atoms with van der Waals surface area (Å²) in [7, 11) is 3.71. The van der Waals surface area contributed by atoms with Gasteiger partial charge in [-0.2, -0.15) is 0 Å². The third kappa shape index (κ3) is 3.97. The van der Waals surface area contributed by atoms with Gasteiger partial charge in [0.1, 0.15) is 0 Å². The highest BCUT2D eigenvalue weighted by Gasteiger charge is 2.21. The number of rotatable bonds is 7. The van der Waals surface area contributed by atoms with E-state index in [-0.39, 0.29) is 5.91 Å². The Morgan fingerprint density at radius 2 is 2.20 bits per heavy atom. The van der Waals surface area contributed by atoms with Crippen LogP contribution in [0.3, 0.4) is 0 Å². The van der Waals surface area contributed by atoms with Crippen LogP contribution in [0.2, 0.25) is 0 Å². The van der Waals surface area contributed by atoms with Crippen LogP contribution in [0.15, 0.2) is 18.2 Å². The SMILES string of the molecule is CNc1ccc(C(=O)N(C)CCOCC2CC2)cc1C. The van der Waals surface area contributed by atoms with Crippen molar-refractivity contribution in [3.63, 3.8) is 0 Å². The number of carbonyl (C=O) groups excluding carboxylic acids is 1. The third-order valence-corrected chi connectivity index (χ3v) is 3.71. The highest BCUT2D eigenvalue weighted by Crippen LogP contribution is 2.28. The molecular formula is C16H24N2O2. The van der Waals surface area contributed by atoms with Gasteiger partial charge in [0, 0.05) is 38.5 Å². The zero-order valence-electron chi connectivity index (χ0n) is 12.6. The van der Waals surface area contributed by atoms with Crippen LogP contribution in [0.4, 0.5) is 5.69 Å². The van der Waals surface area contributed by atoms with Gasteiger partial charge in [-0.1, -0.05) is 0 Å². The van der Waals surface area contributed by atoms with Crippen molar-refractivity contribution in [2.75, 3.05) is 39.2 Å². The third-order valence-electron chi connectivity index (χ3n) is 3.71. The smallest absolute Gasteiger partial charge is 0.253 e. The molecule has 1 fully saturated rings. The molecule has 1 N–H and O–H groups in total. The zero-order valence-corrected chi connectivity index (χ0v) is 12.6. The standard InChI is InChI=1S/C16H24N2O2/c1-12-10-14(6-7-15(12)17-2)16(19)18(3)8-9-20-11-13-4-5-13/h6-7,10,13,17H,4-5,8-9,11H2,1-3H3. The summed E-state index contributed by atoms with van der Waals surface area (Å²) in [6, 6.07) is 5.73. The minimum absolute atomic E-state index is 0.0470. The van der Waals surface area contributed by atoms with Gasteiger partial charge in [0.2, 0.25) is 0 Å². The Morgan fingerprint density at radius 3 is 2.80 bits per heavy atom. The first-order chi connectivity index (χ1) is 9.61. The van der Waals surface area contributed by atoms with Crippen molar-refractivity contribution in [1.29, 1.82) is 0 Å². The zero-order chi connectivity index (χ0) is 14.5. The van der Waals surface area contributed by atoms with Gasteiger partial charge >= 0.3 is 0 Å². The van der Waals surface area contributed by atoms with E-state index in [4.69, 9.17) is 4.74 Å². The van der Waals surface area contributed by atoms with E-state index in [2.05, 4.69) is 5.32 Å². The quantitative estimate of drug-likeness (QED) is 0.778. The van der Waals surface area contributed by atoms with E-state index in [0.717, 1.165) is 29.3 Å². The molecule has 1 aromatic rings. The Kier molecular flexibility index (Phi) is 5.01. The van der Waals surface area contributed by atoms with Crippen molar-refractivity contribution in [1.82, 2.24) is 4.90 Å². The number of likely N-dealkylation sites (N-methyl/N-ethyl adjacent to an activating group) is 1.